The zero-order chi connectivity index (χ0) is 19.6. The summed E-state index contributed by atoms with van der Waals surface area (Å²) in [5.41, 5.74) is 2.10. The summed E-state index contributed by atoms with van der Waals surface area (Å²) < 4.78 is 0. The van der Waals surface area contributed by atoms with E-state index >= 15 is 0 Å². The largest absolute Gasteiger partial charge is 0.326 e. The van der Waals surface area contributed by atoms with Crippen molar-refractivity contribution in [3.63, 3.8) is 0 Å². The molecule has 0 saturated heterocycles. The van der Waals surface area contributed by atoms with Gasteiger partial charge in [-0.2, -0.15) is 0 Å². The van der Waals surface area contributed by atoms with Gasteiger partial charge >= 0.3 is 0 Å². The number of nitrogens with one attached hydrogen (secondary N) is 2. The SMILES string of the molecule is CC(=O)c1cccc(NC(=O)C2CC2C(=O)Nc2cccc(C(C)=O)c2)c1. The van der Waals surface area contributed by atoms with Crippen molar-refractivity contribution < 1.29 is 19.2 Å². The van der Waals surface area contributed by atoms with Crippen LogP contribution in [0.3, 0.4) is 0 Å². The van der Waals surface area contributed by atoms with Crippen LogP contribution in [0.4, 0.5) is 11.4 Å². The van der Waals surface area contributed by atoms with E-state index in [-0.39, 0.29) is 23.4 Å². The molecule has 1 fully saturated rings. The van der Waals surface area contributed by atoms with Gasteiger partial charge in [0.25, 0.3) is 0 Å². The predicted octanol–water partition coefficient (Wildman–Crippen LogP) is 3.31. The molecule has 1 aliphatic rings. The molecule has 3 rings (SSSR count). The highest BCUT2D eigenvalue weighted by Crippen LogP contribution is 2.40. The van der Waals surface area contributed by atoms with Crippen molar-refractivity contribution in [2.24, 2.45) is 11.8 Å². The molecule has 0 spiro atoms. The summed E-state index contributed by atoms with van der Waals surface area (Å²) >= 11 is 0. The van der Waals surface area contributed by atoms with E-state index in [1.54, 1.807) is 48.5 Å². The van der Waals surface area contributed by atoms with Crippen LogP contribution in [0.5, 0.6) is 0 Å². The summed E-state index contributed by atoms with van der Waals surface area (Å²) in [6, 6.07) is 13.4. The van der Waals surface area contributed by atoms with Crippen molar-refractivity contribution in [1.29, 1.82) is 0 Å². The van der Waals surface area contributed by atoms with Crippen LogP contribution in [-0.4, -0.2) is 23.4 Å². The fraction of sp³-hybridized carbons (Fsp3) is 0.238. The third-order valence-electron chi connectivity index (χ3n) is 4.54. The maximum absolute atomic E-state index is 12.3. The molecule has 1 aliphatic carbocycles. The molecule has 2 amide bonds. The number of benzene rings is 2. The fourth-order valence-electron chi connectivity index (χ4n) is 2.88. The molecule has 1 saturated carbocycles. The molecule has 0 aromatic heterocycles. The summed E-state index contributed by atoms with van der Waals surface area (Å²) in [6.45, 7) is 2.92. The zero-order valence-corrected chi connectivity index (χ0v) is 15.1. The molecule has 2 aromatic carbocycles. The average molecular weight is 364 g/mol. The number of Topliss-reactive ketones (excluding diaryl/α,β-unsaturated/α-hetero) is 2. The van der Waals surface area contributed by atoms with Gasteiger partial charge in [-0.3, -0.25) is 19.2 Å². The molecule has 0 aliphatic heterocycles. The van der Waals surface area contributed by atoms with Crippen LogP contribution in [0.15, 0.2) is 48.5 Å². The molecule has 0 bridgehead atoms. The van der Waals surface area contributed by atoms with E-state index in [1.165, 1.54) is 13.8 Å². The highest BCUT2D eigenvalue weighted by Gasteiger charge is 2.48. The molecule has 6 heteroatoms. The number of carbonyl (C=O) groups excluding carboxylic acids is 4. The second-order valence-electron chi connectivity index (χ2n) is 6.70. The highest BCUT2D eigenvalue weighted by atomic mass is 16.2. The molecule has 2 atom stereocenters. The summed E-state index contributed by atoms with van der Waals surface area (Å²) in [4.78, 5) is 47.5. The van der Waals surface area contributed by atoms with Crippen molar-refractivity contribution in [1.82, 2.24) is 0 Å². The van der Waals surface area contributed by atoms with Crippen LogP contribution in [0.25, 0.3) is 0 Å². The maximum atomic E-state index is 12.3. The Kier molecular flexibility index (Phi) is 5.16. The Morgan fingerprint density at radius 1 is 0.741 bits per heavy atom. The third-order valence-corrected chi connectivity index (χ3v) is 4.54. The van der Waals surface area contributed by atoms with E-state index in [2.05, 4.69) is 10.6 Å². The van der Waals surface area contributed by atoms with Crippen molar-refractivity contribution in [2.45, 2.75) is 20.3 Å². The third kappa shape index (κ3) is 4.47. The first kappa shape index (κ1) is 18.5. The average Bonchev–Trinajstić information content (AvgIpc) is 3.43. The lowest BCUT2D eigenvalue weighted by molar-refractivity contribution is -0.122. The van der Waals surface area contributed by atoms with Crippen LogP contribution < -0.4 is 10.6 Å². The van der Waals surface area contributed by atoms with Crippen LogP contribution in [0, 0.1) is 11.8 Å². The molecule has 0 radical (unpaired) electrons. The Morgan fingerprint density at radius 2 is 1.15 bits per heavy atom. The topological polar surface area (TPSA) is 92.3 Å². The first-order valence-electron chi connectivity index (χ1n) is 8.69. The van der Waals surface area contributed by atoms with Gasteiger partial charge in [-0.15, -0.1) is 0 Å². The predicted molar refractivity (Wildman–Crippen MR) is 102 cm³/mol. The fourth-order valence-corrected chi connectivity index (χ4v) is 2.88. The standard InChI is InChI=1S/C21H20N2O4/c1-12(24)14-5-3-7-16(9-14)22-20(26)18-11-19(18)21(27)23-17-8-4-6-15(10-17)13(2)25/h3-10,18-19H,11H2,1-2H3,(H,22,26)(H,23,27). The van der Waals surface area contributed by atoms with Gasteiger partial charge in [0.15, 0.2) is 11.6 Å². The van der Waals surface area contributed by atoms with Crippen LogP contribution in [-0.2, 0) is 9.59 Å². The zero-order valence-electron chi connectivity index (χ0n) is 15.1. The van der Waals surface area contributed by atoms with Crippen molar-refractivity contribution in [3.8, 4) is 0 Å². The maximum Gasteiger partial charge on any atom is 0.228 e. The van der Waals surface area contributed by atoms with E-state index in [9.17, 15) is 19.2 Å². The van der Waals surface area contributed by atoms with Crippen LogP contribution in [0.1, 0.15) is 41.0 Å². The van der Waals surface area contributed by atoms with Gasteiger partial charge in [-0.25, -0.2) is 0 Å². The van der Waals surface area contributed by atoms with E-state index in [0.29, 0.717) is 28.9 Å². The smallest absolute Gasteiger partial charge is 0.228 e. The van der Waals surface area contributed by atoms with Gasteiger partial charge in [0, 0.05) is 22.5 Å². The monoisotopic (exact) mass is 364 g/mol. The minimum Gasteiger partial charge on any atom is -0.326 e. The lowest BCUT2D eigenvalue weighted by Gasteiger charge is -2.07. The Balaban J connectivity index is 1.58. The number of hydrogen-bond acceptors (Lipinski definition) is 4. The number of rotatable bonds is 6. The number of amides is 2. The minimum absolute atomic E-state index is 0.0810. The molecule has 2 unspecified atom stereocenters. The number of hydrogen-bond donors (Lipinski definition) is 2. The van der Waals surface area contributed by atoms with E-state index < -0.39 is 11.8 Å². The van der Waals surface area contributed by atoms with Crippen molar-refractivity contribution >= 4 is 34.8 Å². The molecule has 2 aromatic rings. The van der Waals surface area contributed by atoms with Gasteiger partial charge in [0.2, 0.25) is 11.8 Å². The first-order chi connectivity index (χ1) is 12.8. The Bertz CT molecular complexity index is 860. The molecular formula is C21H20N2O4. The van der Waals surface area contributed by atoms with Gasteiger partial charge in [-0.1, -0.05) is 24.3 Å². The van der Waals surface area contributed by atoms with Gasteiger partial charge in [0.1, 0.15) is 0 Å². The summed E-state index contributed by atoms with van der Waals surface area (Å²) in [7, 11) is 0. The normalized spacial score (nSPS) is 17.7. The molecular weight excluding hydrogens is 344 g/mol. The molecule has 6 nitrogen and oxygen atoms in total. The van der Waals surface area contributed by atoms with Gasteiger partial charge < -0.3 is 10.6 Å². The Morgan fingerprint density at radius 3 is 1.52 bits per heavy atom. The molecule has 27 heavy (non-hydrogen) atoms. The van der Waals surface area contributed by atoms with Crippen molar-refractivity contribution in [3.05, 3.63) is 59.7 Å². The van der Waals surface area contributed by atoms with E-state index in [0.717, 1.165) is 0 Å². The second kappa shape index (κ2) is 7.53. The van der Waals surface area contributed by atoms with Gasteiger partial charge in [0.05, 0.1) is 11.8 Å². The molecule has 2 N–H and O–H groups in total. The van der Waals surface area contributed by atoms with E-state index in [1.807, 2.05) is 0 Å². The second-order valence-corrected chi connectivity index (χ2v) is 6.70. The van der Waals surface area contributed by atoms with Crippen LogP contribution >= 0.6 is 0 Å². The number of ketones is 2. The highest BCUT2D eigenvalue weighted by molar-refractivity contribution is 6.04. The lowest BCUT2D eigenvalue weighted by Crippen LogP contribution is -2.20. The van der Waals surface area contributed by atoms with Crippen LogP contribution in [0.2, 0.25) is 0 Å². The summed E-state index contributed by atoms with van der Waals surface area (Å²) in [5.74, 6) is -1.45. The Hall–Kier alpha value is -3.28. The first-order valence-corrected chi connectivity index (χ1v) is 8.69. The Labute approximate surface area is 157 Å². The minimum atomic E-state index is -0.401. The molecule has 138 valence electrons. The lowest BCUT2D eigenvalue weighted by atomic mass is 10.1. The molecule has 0 heterocycles. The quantitative estimate of drug-likeness (QED) is 0.769. The van der Waals surface area contributed by atoms with Gasteiger partial charge in [-0.05, 0) is 44.5 Å². The summed E-state index contributed by atoms with van der Waals surface area (Å²) in [5, 5.41) is 5.51. The number of carbonyl (C=O) groups is 4. The summed E-state index contributed by atoms with van der Waals surface area (Å²) in [6.07, 6.45) is 0.469. The van der Waals surface area contributed by atoms with E-state index in [4.69, 9.17) is 0 Å². The van der Waals surface area contributed by atoms with Crippen molar-refractivity contribution in [2.75, 3.05) is 10.6 Å². The number of anilines is 2.